The lowest BCUT2D eigenvalue weighted by Gasteiger charge is -2.25. The van der Waals surface area contributed by atoms with E-state index in [1.54, 1.807) is 0 Å². The van der Waals surface area contributed by atoms with E-state index in [4.69, 9.17) is 0 Å². The van der Waals surface area contributed by atoms with E-state index in [9.17, 15) is 4.79 Å². The van der Waals surface area contributed by atoms with E-state index in [2.05, 4.69) is 34.6 Å². The Kier molecular flexibility index (Phi) is 5.27. The maximum atomic E-state index is 10.9. The van der Waals surface area contributed by atoms with Crippen LogP contribution in [0.25, 0.3) is 0 Å². The number of hydrogen-bond acceptors (Lipinski definition) is 1. The largest absolute Gasteiger partial charge is 0.303 e. The first-order valence-electron chi connectivity index (χ1n) is 5.40. The monoisotopic (exact) mass is 184 g/mol. The molecule has 0 N–H and O–H groups in total. The highest BCUT2D eigenvalue weighted by atomic mass is 16.1. The van der Waals surface area contributed by atoms with Gasteiger partial charge in [-0.05, 0) is 31.1 Å². The molecule has 0 aromatic rings. The second kappa shape index (κ2) is 5.41. The van der Waals surface area contributed by atoms with Gasteiger partial charge in [0.25, 0.3) is 0 Å². The van der Waals surface area contributed by atoms with Gasteiger partial charge in [0, 0.05) is 5.41 Å². The van der Waals surface area contributed by atoms with Gasteiger partial charge in [-0.15, -0.1) is 0 Å². The van der Waals surface area contributed by atoms with Gasteiger partial charge in [-0.1, -0.05) is 34.6 Å². The predicted octanol–water partition coefficient (Wildman–Crippen LogP) is 3.67. The highest BCUT2D eigenvalue weighted by Crippen LogP contribution is 2.30. The van der Waals surface area contributed by atoms with E-state index in [0.29, 0.717) is 5.92 Å². The Labute approximate surface area is 82.9 Å². The van der Waals surface area contributed by atoms with Gasteiger partial charge >= 0.3 is 0 Å². The average molecular weight is 184 g/mol. The maximum Gasteiger partial charge on any atom is 0.125 e. The summed E-state index contributed by atoms with van der Waals surface area (Å²) in [5.74, 6) is 1.40. The summed E-state index contributed by atoms with van der Waals surface area (Å²) in [6.07, 6.45) is 4.34. The molecule has 0 fully saturated rings. The molecule has 0 aromatic carbocycles. The molecule has 0 saturated carbocycles. The third kappa shape index (κ3) is 5.07. The molecule has 1 heteroatoms. The van der Waals surface area contributed by atoms with E-state index in [0.717, 1.165) is 25.0 Å². The van der Waals surface area contributed by atoms with Crippen LogP contribution in [-0.4, -0.2) is 6.29 Å². The summed E-state index contributed by atoms with van der Waals surface area (Å²) >= 11 is 0. The van der Waals surface area contributed by atoms with Crippen molar-refractivity contribution in [1.82, 2.24) is 0 Å². The van der Waals surface area contributed by atoms with Crippen molar-refractivity contribution >= 4 is 6.29 Å². The van der Waals surface area contributed by atoms with Crippen LogP contribution >= 0.6 is 0 Å². The fourth-order valence-corrected chi connectivity index (χ4v) is 1.96. The fraction of sp³-hybridized carbons (Fsp3) is 0.917. The summed E-state index contributed by atoms with van der Waals surface area (Å²) in [5, 5.41) is 0. The van der Waals surface area contributed by atoms with E-state index >= 15 is 0 Å². The average Bonchev–Trinajstić information content (AvgIpc) is 2.02. The van der Waals surface area contributed by atoms with Crippen molar-refractivity contribution in [2.75, 3.05) is 0 Å². The lowest BCUT2D eigenvalue weighted by atomic mass is 9.78. The van der Waals surface area contributed by atoms with Crippen LogP contribution in [0.4, 0.5) is 0 Å². The van der Waals surface area contributed by atoms with Crippen molar-refractivity contribution in [3.8, 4) is 0 Å². The molecular formula is C12H24O. The van der Waals surface area contributed by atoms with Crippen LogP contribution in [0.1, 0.15) is 53.9 Å². The Morgan fingerprint density at radius 2 is 1.85 bits per heavy atom. The van der Waals surface area contributed by atoms with Gasteiger partial charge < -0.3 is 4.79 Å². The van der Waals surface area contributed by atoms with Gasteiger partial charge in [-0.3, -0.25) is 0 Å². The molecule has 0 spiro atoms. The third-order valence-electron chi connectivity index (χ3n) is 2.78. The van der Waals surface area contributed by atoms with Crippen LogP contribution in [0, 0.1) is 17.3 Å². The molecule has 0 heterocycles. The summed E-state index contributed by atoms with van der Waals surface area (Å²) in [7, 11) is 0. The number of carbonyl (C=O) groups is 1. The summed E-state index contributed by atoms with van der Waals surface area (Å²) in [4.78, 5) is 10.9. The SMILES string of the molecule is CCC(C)(C=O)CC(C)CC(C)C. The van der Waals surface area contributed by atoms with E-state index in [1.807, 2.05) is 0 Å². The van der Waals surface area contributed by atoms with Gasteiger partial charge in [0.1, 0.15) is 6.29 Å². The zero-order chi connectivity index (χ0) is 10.5. The molecule has 0 saturated heterocycles. The van der Waals surface area contributed by atoms with Crippen LogP contribution in [-0.2, 0) is 4.79 Å². The molecule has 0 aromatic heterocycles. The van der Waals surface area contributed by atoms with Gasteiger partial charge in [0.15, 0.2) is 0 Å². The van der Waals surface area contributed by atoms with Crippen molar-refractivity contribution in [3.63, 3.8) is 0 Å². The van der Waals surface area contributed by atoms with E-state index in [1.165, 1.54) is 6.42 Å². The first-order valence-corrected chi connectivity index (χ1v) is 5.40. The Hall–Kier alpha value is -0.330. The lowest BCUT2D eigenvalue weighted by molar-refractivity contribution is -0.116. The number of carbonyl (C=O) groups excluding carboxylic acids is 1. The quantitative estimate of drug-likeness (QED) is 0.576. The van der Waals surface area contributed by atoms with Crippen LogP contribution in [0.15, 0.2) is 0 Å². The molecular weight excluding hydrogens is 160 g/mol. The summed E-state index contributed by atoms with van der Waals surface area (Å²) < 4.78 is 0. The Balaban J connectivity index is 4.01. The van der Waals surface area contributed by atoms with Crippen molar-refractivity contribution in [2.45, 2.75) is 53.9 Å². The highest BCUT2D eigenvalue weighted by Gasteiger charge is 2.24. The molecule has 78 valence electrons. The minimum atomic E-state index is -0.0890. The Bertz CT molecular complexity index is 151. The molecule has 13 heavy (non-hydrogen) atoms. The molecule has 2 unspecified atom stereocenters. The number of hydrogen-bond donors (Lipinski definition) is 0. The smallest absolute Gasteiger partial charge is 0.125 e. The number of aldehydes is 1. The van der Waals surface area contributed by atoms with Crippen LogP contribution in [0.2, 0.25) is 0 Å². The summed E-state index contributed by atoms with van der Waals surface area (Å²) in [6, 6.07) is 0. The van der Waals surface area contributed by atoms with Crippen LogP contribution < -0.4 is 0 Å². The highest BCUT2D eigenvalue weighted by molar-refractivity contribution is 5.58. The first-order chi connectivity index (χ1) is 5.93. The van der Waals surface area contributed by atoms with E-state index in [-0.39, 0.29) is 5.41 Å². The molecule has 0 bridgehead atoms. The fourth-order valence-electron chi connectivity index (χ4n) is 1.96. The zero-order valence-electron chi connectivity index (χ0n) is 9.76. The second-order valence-corrected chi connectivity index (χ2v) is 5.06. The van der Waals surface area contributed by atoms with Crippen molar-refractivity contribution in [3.05, 3.63) is 0 Å². The van der Waals surface area contributed by atoms with E-state index < -0.39 is 0 Å². The Morgan fingerprint density at radius 1 is 1.31 bits per heavy atom. The topological polar surface area (TPSA) is 17.1 Å². The molecule has 0 rings (SSSR count). The van der Waals surface area contributed by atoms with Gasteiger partial charge in [-0.2, -0.15) is 0 Å². The van der Waals surface area contributed by atoms with Gasteiger partial charge in [0.05, 0.1) is 0 Å². The minimum Gasteiger partial charge on any atom is -0.303 e. The first kappa shape index (κ1) is 12.7. The molecule has 0 aliphatic heterocycles. The van der Waals surface area contributed by atoms with Crippen LogP contribution in [0.5, 0.6) is 0 Å². The third-order valence-corrected chi connectivity index (χ3v) is 2.78. The predicted molar refractivity (Wildman–Crippen MR) is 57.7 cm³/mol. The summed E-state index contributed by atoms with van der Waals surface area (Å²) in [5.41, 5.74) is -0.0890. The van der Waals surface area contributed by atoms with Crippen LogP contribution in [0.3, 0.4) is 0 Å². The maximum absolute atomic E-state index is 10.9. The standard InChI is InChI=1S/C12H24O/c1-6-12(5,9-13)8-11(4)7-10(2)3/h9-11H,6-8H2,1-5H3. The molecule has 1 nitrogen and oxygen atoms in total. The molecule has 0 radical (unpaired) electrons. The zero-order valence-corrected chi connectivity index (χ0v) is 9.76. The molecule has 0 aliphatic rings. The summed E-state index contributed by atoms with van der Waals surface area (Å²) in [6.45, 7) is 10.9. The van der Waals surface area contributed by atoms with Crippen molar-refractivity contribution < 1.29 is 4.79 Å². The number of rotatable bonds is 6. The minimum absolute atomic E-state index is 0.0890. The lowest BCUT2D eigenvalue weighted by Crippen LogP contribution is -2.21. The van der Waals surface area contributed by atoms with Gasteiger partial charge in [0.2, 0.25) is 0 Å². The van der Waals surface area contributed by atoms with Crippen molar-refractivity contribution in [1.29, 1.82) is 0 Å². The van der Waals surface area contributed by atoms with Gasteiger partial charge in [-0.25, -0.2) is 0 Å². The molecule has 0 aliphatic carbocycles. The second-order valence-electron chi connectivity index (χ2n) is 5.06. The normalized spacial score (nSPS) is 18.3. The van der Waals surface area contributed by atoms with Crippen molar-refractivity contribution in [2.24, 2.45) is 17.3 Å². The Morgan fingerprint density at radius 3 is 2.15 bits per heavy atom. The molecule has 2 atom stereocenters. The molecule has 0 amide bonds.